The van der Waals surface area contributed by atoms with Crippen molar-refractivity contribution < 1.29 is 14.6 Å². The Morgan fingerprint density at radius 1 is 1.56 bits per heavy atom. The van der Waals surface area contributed by atoms with Gasteiger partial charge < -0.3 is 14.8 Å². The molecule has 88 valence electrons. The van der Waals surface area contributed by atoms with E-state index in [4.69, 9.17) is 4.74 Å². The van der Waals surface area contributed by atoms with Crippen molar-refractivity contribution in [2.24, 2.45) is 0 Å². The highest BCUT2D eigenvalue weighted by atomic mass is 16.5. The first-order valence-electron chi connectivity index (χ1n) is 5.10. The zero-order chi connectivity index (χ0) is 12.3. The predicted octanol–water partition coefficient (Wildman–Crippen LogP) is 1.38. The van der Waals surface area contributed by atoms with Crippen molar-refractivity contribution in [3.05, 3.63) is 27.7 Å². The number of rotatable bonds is 3. The van der Waals surface area contributed by atoms with Crippen molar-refractivity contribution in [3.63, 3.8) is 0 Å². The molecule has 1 aromatic rings. The molecule has 16 heavy (non-hydrogen) atoms. The highest BCUT2D eigenvalue weighted by molar-refractivity contribution is 5.93. The molecule has 2 N–H and O–H groups in total. The van der Waals surface area contributed by atoms with Crippen molar-refractivity contribution in [3.8, 4) is 5.75 Å². The van der Waals surface area contributed by atoms with E-state index in [9.17, 15) is 14.7 Å². The first-order valence-corrected chi connectivity index (χ1v) is 5.10. The van der Waals surface area contributed by atoms with E-state index in [2.05, 4.69) is 4.98 Å². The zero-order valence-corrected chi connectivity index (χ0v) is 9.53. The lowest BCUT2D eigenvalue weighted by molar-refractivity contribution is 0.0520. The first kappa shape index (κ1) is 12.3. The lowest BCUT2D eigenvalue weighted by Gasteiger charge is -2.12. The van der Waals surface area contributed by atoms with Crippen molar-refractivity contribution in [1.82, 2.24) is 4.98 Å². The van der Waals surface area contributed by atoms with Gasteiger partial charge in [-0.05, 0) is 12.8 Å². The van der Waals surface area contributed by atoms with Gasteiger partial charge in [-0.3, -0.25) is 4.79 Å². The summed E-state index contributed by atoms with van der Waals surface area (Å²) in [5.41, 5.74) is -0.00542. The average molecular weight is 225 g/mol. The minimum Gasteiger partial charge on any atom is -0.507 e. The number of carbonyl (C=O) groups excluding carboxylic acids is 1. The summed E-state index contributed by atoms with van der Waals surface area (Å²) in [5.74, 6) is -1.05. The number of carbonyl (C=O) groups is 1. The standard InChI is InChI=1S/C11H15NO4/c1-4-16-11(15)9-7(13)5-8(14)12-10(9)6(2)3/h5-6H,4H2,1-3H3,(H2,12,13,14). The highest BCUT2D eigenvalue weighted by Gasteiger charge is 2.20. The van der Waals surface area contributed by atoms with E-state index in [1.165, 1.54) is 0 Å². The molecule has 0 atom stereocenters. The van der Waals surface area contributed by atoms with E-state index < -0.39 is 11.5 Å². The summed E-state index contributed by atoms with van der Waals surface area (Å²) in [7, 11) is 0. The molecule has 1 aromatic heterocycles. The highest BCUT2D eigenvalue weighted by Crippen LogP contribution is 2.24. The summed E-state index contributed by atoms with van der Waals surface area (Å²) in [6.07, 6.45) is 0. The number of hydrogen-bond donors (Lipinski definition) is 2. The maximum absolute atomic E-state index is 11.6. The Morgan fingerprint density at radius 3 is 2.69 bits per heavy atom. The Labute approximate surface area is 93.1 Å². The van der Waals surface area contributed by atoms with Gasteiger partial charge in [0.2, 0.25) is 0 Å². The smallest absolute Gasteiger partial charge is 0.343 e. The second-order valence-electron chi connectivity index (χ2n) is 3.68. The number of aromatic nitrogens is 1. The summed E-state index contributed by atoms with van der Waals surface area (Å²) in [5, 5.41) is 9.60. The Kier molecular flexibility index (Phi) is 3.71. The molecule has 0 radical (unpaired) electrons. The van der Waals surface area contributed by atoms with Crippen molar-refractivity contribution in [2.45, 2.75) is 26.7 Å². The number of esters is 1. The van der Waals surface area contributed by atoms with Crippen LogP contribution >= 0.6 is 0 Å². The number of nitrogens with one attached hydrogen (secondary N) is 1. The van der Waals surface area contributed by atoms with E-state index in [-0.39, 0.29) is 23.8 Å². The summed E-state index contributed by atoms with van der Waals surface area (Å²) >= 11 is 0. The van der Waals surface area contributed by atoms with E-state index in [1.807, 2.05) is 13.8 Å². The molecule has 0 unspecified atom stereocenters. The Bertz CT molecular complexity index is 448. The molecule has 0 saturated heterocycles. The molecule has 5 nitrogen and oxygen atoms in total. The second-order valence-corrected chi connectivity index (χ2v) is 3.68. The molecule has 0 amide bonds. The van der Waals surface area contributed by atoms with Crippen LogP contribution in [0.25, 0.3) is 0 Å². The lowest BCUT2D eigenvalue weighted by atomic mass is 10.0. The van der Waals surface area contributed by atoms with Crippen LogP contribution in [-0.2, 0) is 4.74 Å². The molecule has 0 fully saturated rings. The summed E-state index contributed by atoms with van der Waals surface area (Å²) < 4.78 is 4.82. The number of aromatic amines is 1. The molecule has 0 bridgehead atoms. The van der Waals surface area contributed by atoms with Gasteiger partial charge in [0.05, 0.1) is 6.61 Å². The maximum atomic E-state index is 11.6. The zero-order valence-electron chi connectivity index (χ0n) is 9.53. The van der Waals surface area contributed by atoms with E-state index in [0.717, 1.165) is 6.07 Å². The van der Waals surface area contributed by atoms with Crippen LogP contribution in [-0.4, -0.2) is 22.7 Å². The monoisotopic (exact) mass is 225 g/mol. The molecule has 0 spiro atoms. The van der Waals surface area contributed by atoms with Gasteiger partial charge in [-0.1, -0.05) is 13.8 Å². The van der Waals surface area contributed by atoms with Crippen LogP contribution in [0.4, 0.5) is 0 Å². The summed E-state index contributed by atoms with van der Waals surface area (Å²) in [4.78, 5) is 25.3. The van der Waals surface area contributed by atoms with Crippen LogP contribution in [0.5, 0.6) is 5.75 Å². The summed E-state index contributed by atoms with van der Waals surface area (Å²) in [6, 6.07) is 0.970. The van der Waals surface area contributed by atoms with Crippen LogP contribution in [0.1, 0.15) is 42.7 Å². The van der Waals surface area contributed by atoms with Crippen LogP contribution in [0, 0.1) is 0 Å². The number of hydrogen-bond acceptors (Lipinski definition) is 4. The van der Waals surface area contributed by atoms with Gasteiger partial charge in [0, 0.05) is 11.8 Å². The molecule has 0 aliphatic heterocycles. The molecule has 0 aliphatic rings. The molecule has 0 saturated carbocycles. The van der Waals surface area contributed by atoms with Crippen LogP contribution in [0.15, 0.2) is 10.9 Å². The SMILES string of the molecule is CCOC(=O)c1c(O)cc(=O)[nH]c1C(C)C. The first-order chi connectivity index (χ1) is 7.47. The van der Waals surface area contributed by atoms with Gasteiger partial charge in [0.25, 0.3) is 5.56 Å². The molecule has 1 rings (SSSR count). The van der Waals surface area contributed by atoms with Crippen LogP contribution < -0.4 is 5.56 Å². The van der Waals surface area contributed by atoms with Gasteiger partial charge in [-0.2, -0.15) is 0 Å². The largest absolute Gasteiger partial charge is 0.507 e. The van der Waals surface area contributed by atoms with Gasteiger partial charge in [0.1, 0.15) is 11.3 Å². The predicted molar refractivity (Wildman–Crippen MR) is 58.8 cm³/mol. The second kappa shape index (κ2) is 4.83. The summed E-state index contributed by atoms with van der Waals surface area (Å²) in [6.45, 7) is 5.52. The van der Waals surface area contributed by atoms with Crippen molar-refractivity contribution >= 4 is 5.97 Å². The molecular weight excluding hydrogens is 210 g/mol. The number of aromatic hydroxyl groups is 1. The van der Waals surface area contributed by atoms with Gasteiger partial charge in [-0.15, -0.1) is 0 Å². The Balaban J connectivity index is 3.35. The number of ether oxygens (including phenoxy) is 1. The quantitative estimate of drug-likeness (QED) is 0.761. The van der Waals surface area contributed by atoms with Gasteiger partial charge in [0.15, 0.2) is 0 Å². The number of H-pyrrole nitrogens is 1. The van der Waals surface area contributed by atoms with Crippen molar-refractivity contribution in [2.75, 3.05) is 6.61 Å². The minimum atomic E-state index is -0.625. The van der Waals surface area contributed by atoms with Crippen LogP contribution in [0.3, 0.4) is 0 Å². The minimum absolute atomic E-state index is 0.0384. The molecule has 5 heteroatoms. The van der Waals surface area contributed by atoms with Crippen molar-refractivity contribution in [1.29, 1.82) is 0 Å². The molecule has 0 aromatic carbocycles. The van der Waals surface area contributed by atoms with Gasteiger partial charge >= 0.3 is 5.97 Å². The molecular formula is C11H15NO4. The fourth-order valence-electron chi connectivity index (χ4n) is 1.42. The number of pyridine rings is 1. The Morgan fingerprint density at radius 2 is 2.19 bits per heavy atom. The van der Waals surface area contributed by atoms with Crippen LogP contribution in [0.2, 0.25) is 0 Å². The van der Waals surface area contributed by atoms with E-state index in [1.54, 1.807) is 6.92 Å². The van der Waals surface area contributed by atoms with E-state index >= 15 is 0 Å². The third-order valence-corrected chi connectivity index (χ3v) is 2.11. The maximum Gasteiger partial charge on any atom is 0.343 e. The molecule has 1 heterocycles. The van der Waals surface area contributed by atoms with Gasteiger partial charge in [-0.25, -0.2) is 4.79 Å². The lowest BCUT2D eigenvalue weighted by Crippen LogP contribution is -2.17. The fraction of sp³-hybridized carbons (Fsp3) is 0.455. The third kappa shape index (κ3) is 2.42. The third-order valence-electron chi connectivity index (χ3n) is 2.11. The molecule has 0 aliphatic carbocycles. The topological polar surface area (TPSA) is 79.4 Å². The fourth-order valence-corrected chi connectivity index (χ4v) is 1.42. The van der Waals surface area contributed by atoms with E-state index in [0.29, 0.717) is 5.69 Å². The Hall–Kier alpha value is -1.78. The average Bonchev–Trinajstić information content (AvgIpc) is 2.16. The normalized spacial score (nSPS) is 10.5.